The average Bonchev–Trinajstić information content (AvgIpc) is 3.38. The predicted octanol–water partition coefficient (Wildman–Crippen LogP) is 3.74. The third kappa shape index (κ3) is 5.84. The highest BCUT2D eigenvalue weighted by Crippen LogP contribution is 2.32. The highest BCUT2D eigenvalue weighted by atomic mass is 35.5. The fraction of sp³-hybridized carbons (Fsp3) is 0.593. The van der Waals surface area contributed by atoms with Gasteiger partial charge in [0.05, 0.1) is 23.4 Å². The van der Waals surface area contributed by atoms with Crippen LogP contribution in [0.5, 0.6) is 0 Å². The molecule has 1 aliphatic carbocycles. The van der Waals surface area contributed by atoms with Crippen molar-refractivity contribution in [1.29, 1.82) is 0 Å². The molecular weight excluding hydrogens is 497 g/mol. The third-order valence-corrected chi connectivity index (χ3v) is 7.69. The van der Waals surface area contributed by atoms with Gasteiger partial charge in [-0.3, -0.25) is 9.59 Å². The second-order valence-electron chi connectivity index (χ2n) is 11.5. The molecule has 1 fully saturated rings. The van der Waals surface area contributed by atoms with Crippen LogP contribution in [0.15, 0.2) is 18.2 Å². The van der Waals surface area contributed by atoms with Crippen LogP contribution in [0.2, 0.25) is 5.02 Å². The fourth-order valence-electron chi connectivity index (χ4n) is 5.36. The van der Waals surface area contributed by atoms with Crippen molar-refractivity contribution in [2.75, 3.05) is 20.2 Å². The topological polar surface area (TPSA) is 99.5 Å². The predicted molar refractivity (Wildman–Crippen MR) is 141 cm³/mol. The number of aromatic nitrogens is 2. The highest BCUT2D eigenvalue weighted by molar-refractivity contribution is 6.30. The Labute approximate surface area is 222 Å². The molecule has 0 bridgehead atoms. The van der Waals surface area contributed by atoms with E-state index < -0.39 is 28.7 Å². The van der Waals surface area contributed by atoms with E-state index in [0.29, 0.717) is 42.5 Å². The van der Waals surface area contributed by atoms with Crippen molar-refractivity contribution in [3.63, 3.8) is 0 Å². The Morgan fingerprint density at radius 2 is 1.92 bits per heavy atom. The van der Waals surface area contributed by atoms with Gasteiger partial charge in [-0.25, -0.2) is 9.37 Å². The molecule has 0 radical (unpaired) electrons. The van der Waals surface area contributed by atoms with Gasteiger partial charge in [-0.2, -0.15) is 0 Å². The van der Waals surface area contributed by atoms with Gasteiger partial charge in [0.2, 0.25) is 5.91 Å². The average molecular weight is 534 g/mol. The first-order chi connectivity index (χ1) is 17.4. The second-order valence-corrected chi connectivity index (χ2v) is 11.9. The van der Waals surface area contributed by atoms with Crippen molar-refractivity contribution in [2.24, 2.45) is 5.41 Å². The van der Waals surface area contributed by atoms with E-state index in [2.05, 4.69) is 20.5 Å². The molecule has 2 amide bonds. The first-order valence-corrected chi connectivity index (χ1v) is 13.3. The number of rotatable bonds is 6. The molecule has 8 nitrogen and oxygen atoms in total. The Morgan fingerprint density at radius 1 is 1.22 bits per heavy atom. The van der Waals surface area contributed by atoms with Gasteiger partial charge in [-0.05, 0) is 56.5 Å². The van der Waals surface area contributed by atoms with Crippen LogP contribution < -0.4 is 10.6 Å². The normalized spacial score (nSPS) is 18.7. The van der Waals surface area contributed by atoms with Crippen LogP contribution in [0.25, 0.3) is 11.4 Å². The van der Waals surface area contributed by atoms with E-state index in [9.17, 15) is 19.1 Å². The third-order valence-electron chi connectivity index (χ3n) is 7.45. The van der Waals surface area contributed by atoms with E-state index in [1.807, 2.05) is 32.4 Å². The summed E-state index contributed by atoms with van der Waals surface area (Å²) in [7, 11) is 1.96. The molecule has 1 atom stereocenters. The van der Waals surface area contributed by atoms with Gasteiger partial charge >= 0.3 is 0 Å². The number of hydrogen-bond acceptors (Lipinski definition) is 5. The maximum Gasteiger partial charge on any atom is 0.272 e. The molecule has 202 valence electrons. The lowest BCUT2D eigenvalue weighted by atomic mass is 9.85. The Bertz CT molecular complexity index is 1170. The van der Waals surface area contributed by atoms with Crippen molar-refractivity contribution in [1.82, 2.24) is 25.1 Å². The van der Waals surface area contributed by atoms with E-state index >= 15 is 0 Å². The minimum Gasteiger partial charge on any atom is -0.394 e. The van der Waals surface area contributed by atoms with Crippen molar-refractivity contribution >= 4 is 23.4 Å². The molecule has 37 heavy (non-hydrogen) atoms. The number of hydrogen-bond donors (Lipinski definition) is 3. The summed E-state index contributed by atoms with van der Waals surface area (Å²) in [5.74, 6) is -0.954. The molecule has 2 aliphatic rings. The van der Waals surface area contributed by atoms with Gasteiger partial charge in [0, 0.05) is 18.1 Å². The minimum absolute atomic E-state index is 0.140. The van der Waals surface area contributed by atoms with Gasteiger partial charge in [-0.1, -0.05) is 45.2 Å². The van der Waals surface area contributed by atoms with E-state index in [4.69, 9.17) is 11.6 Å². The van der Waals surface area contributed by atoms with Crippen LogP contribution in [-0.2, 0) is 17.9 Å². The number of imidazole rings is 1. The van der Waals surface area contributed by atoms with Gasteiger partial charge in [0.1, 0.15) is 17.7 Å². The van der Waals surface area contributed by atoms with Gasteiger partial charge in [0.25, 0.3) is 5.91 Å². The molecule has 10 heteroatoms. The number of nitrogens with one attached hydrogen (secondary N) is 2. The van der Waals surface area contributed by atoms with Gasteiger partial charge in [-0.15, -0.1) is 0 Å². The maximum atomic E-state index is 14.9. The Hall–Kier alpha value is -2.49. The zero-order valence-electron chi connectivity index (χ0n) is 22.0. The van der Waals surface area contributed by atoms with Crippen LogP contribution >= 0.6 is 11.6 Å². The largest absolute Gasteiger partial charge is 0.394 e. The van der Waals surface area contributed by atoms with Crippen LogP contribution in [0.3, 0.4) is 0 Å². The molecule has 1 saturated carbocycles. The van der Waals surface area contributed by atoms with Crippen molar-refractivity contribution in [3.8, 4) is 11.4 Å². The monoisotopic (exact) mass is 533 g/mol. The number of carbonyl (C=O) groups is 2. The molecule has 0 spiro atoms. The number of aliphatic hydroxyl groups is 1. The smallest absolute Gasteiger partial charge is 0.272 e. The molecule has 2 heterocycles. The molecule has 1 aromatic heterocycles. The first kappa shape index (κ1) is 27.5. The quantitative estimate of drug-likeness (QED) is 0.525. The molecule has 0 saturated heterocycles. The van der Waals surface area contributed by atoms with Crippen LogP contribution in [0.4, 0.5) is 4.39 Å². The Morgan fingerprint density at radius 3 is 2.57 bits per heavy atom. The summed E-state index contributed by atoms with van der Waals surface area (Å²) in [6, 6.07) is 3.42. The second kappa shape index (κ2) is 10.7. The summed E-state index contributed by atoms with van der Waals surface area (Å²) in [6.45, 7) is 7.35. The molecule has 2 aromatic rings. The summed E-state index contributed by atoms with van der Waals surface area (Å²) >= 11 is 6.17. The Kier molecular flexibility index (Phi) is 7.97. The standard InChI is InChI=1S/C27H37ClFN5O3/c1-26(2,3)22(25(37)32-27(16-35)10-5-6-11-27)31-24(36)21-20-15-33(4)12-7-13-34(20)23(30-21)18-14-17(28)8-9-19(18)29/h8-9,14,22,35H,5-7,10-13,15-16H2,1-4H3,(H,31,36)(H,32,37)/t22-/m1/s1. The molecule has 4 rings (SSSR count). The highest BCUT2D eigenvalue weighted by Gasteiger charge is 2.41. The maximum absolute atomic E-state index is 14.9. The molecular formula is C27H37ClFN5O3. The number of carbonyl (C=O) groups excluding carboxylic acids is 2. The van der Waals surface area contributed by atoms with Crippen LogP contribution in [0, 0.1) is 11.2 Å². The van der Waals surface area contributed by atoms with Crippen LogP contribution in [-0.4, -0.2) is 63.2 Å². The molecule has 1 aliphatic heterocycles. The molecule has 0 unspecified atom stereocenters. The van der Waals surface area contributed by atoms with Crippen molar-refractivity contribution in [3.05, 3.63) is 40.4 Å². The number of benzene rings is 1. The lowest BCUT2D eigenvalue weighted by Gasteiger charge is -2.35. The number of aliphatic hydroxyl groups excluding tert-OH is 1. The number of nitrogens with zero attached hydrogens (tertiary/aromatic N) is 3. The lowest BCUT2D eigenvalue weighted by molar-refractivity contribution is -0.127. The lowest BCUT2D eigenvalue weighted by Crippen LogP contribution is -2.59. The zero-order valence-corrected chi connectivity index (χ0v) is 22.8. The molecule has 1 aromatic carbocycles. The van der Waals surface area contributed by atoms with Crippen LogP contribution in [0.1, 0.15) is 69.1 Å². The summed E-state index contributed by atoms with van der Waals surface area (Å²) in [5.41, 5.74) is -0.194. The Balaban J connectivity index is 1.70. The van der Waals surface area contributed by atoms with E-state index in [-0.39, 0.29) is 23.8 Å². The SMILES string of the molecule is CN1CCCn2c(-c3cc(Cl)ccc3F)nc(C(=O)N[C@H](C(=O)NC3(CO)CCCC3)C(C)(C)C)c2C1. The number of fused-ring (bicyclic) bond motifs is 1. The van der Waals surface area contributed by atoms with Gasteiger partial charge < -0.3 is 25.2 Å². The van der Waals surface area contributed by atoms with Crippen molar-refractivity contribution < 1.29 is 19.1 Å². The summed E-state index contributed by atoms with van der Waals surface area (Å²) in [6.07, 6.45) is 4.09. The minimum atomic E-state index is -0.865. The summed E-state index contributed by atoms with van der Waals surface area (Å²) < 4.78 is 16.7. The fourth-order valence-corrected chi connectivity index (χ4v) is 5.53. The first-order valence-electron chi connectivity index (χ1n) is 12.9. The van der Waals surface area contributed by atoms with E-state index in [0.717, 1.165) is 25.8 Å². The molecule has 3 N–H and O–H groups in total. The summed E-state index contributed by atoms with van der Waals surface area (Å²) in [5, 5.41) is 16.3. The van der Waals surface area contributed by atoms with E-state index in [1.165, 1.54) is 18.2 Å². The van der Waals surface area contributed by atoms with Crippen molar-refractivity contribution in [2.45, 2.75) is 77.5 Å². The number of amides is 2. The number of halogens is 2. The van der Waals surface area contributed by atoms with Gasteiger partial charge in [0.15, 0.2) is 5.69 Å². The zero-order chi connectivity index (χ0) is 27.0. The van der Waals surface area contributed by atoms with E-state index in [1.54, 1.807) is 0 Å². The summed E-state index contributed by atoms with van der Waals surface area (Å²) in [4.78, 5) is 33.9.